The maximum atomic E-state index is 13.2. The molecule has 2 amide bonds. The predicted molar refractivity (Wildman–Crippen MR) is 222 cm³/mol. The van der Waals surface area contributed by atoms with Crippen molar-refractivity contribution in [2.24, 2.45) is 5.73 Å². The maximum absolute atomic E-state index is 13.2. The summed E-state index contributed by atoms with van der Waals surface area (Å²) >= 11 is 0. The summed E-state index contributed by atoms with van der Waals surface area (Å²) in [4.78, 5) is 26.3. The summed E-state index contributed by atoms with van der Waals surface area (Å²) in [5.74, 6) is 0.179. The van der Waals surface area contributed by atoms with E-state index in [0.717, 1.165) is 64.5 Å². The summed E-state index contributed by atoms with van der Waals surface area (Å²) in [6.07, 6.45) is 54.1. The molecule has 0 aromatic heterocycles. The number of hydrogen-bond donors (Lipinski definition) is 1. The molecule has 0 aromatic carbocycles. The van der Waals surface area contributed by atoms with Crippen molar-refractivity contribution in [3.8, 4) is 0 Å². The van der Waals surface area contributed by atoms with Crippen LogP contribution < -0.4 is 5.73 Å². The lowest BCUT2D eigenvalue weighted by molar-refractivity contribution is -0.131. The minimum Gasteiger partial charge on any atom is -0.370 e. The Morgan fingerprint density at radius 3 is 1.00 bits per heavy atom. The number of carbonyl (C=O) groups excluding carboxylic acids is 2. The van der Waals surface area contributed by atoms with E-state index in [1.54, 1.807) is 0 Å². The molecule has 0 fully saturated rings. The van der Waals surface area contributed by atoms with Gasteiger partial charge in [-0.05, 0) is 77.0 Å². The molecule has 0 unspecified atom stereocenters. The van der Waals surface area contributed by atoms with Gasteiger partial charge in [-0.2, -0.15) is 0 Å². The largest absolute Gasteiger partial charge is 0.370 e. The van der Waals surface area contributed by atoms with Crippen LogP contribution in [0.3, 0.4) is 0 Å². The number of unbranched alkanes of at least 4 members (excludes halogenated alkanes) is 29. The highest BCUT2D eigenvalue weighted by atomic mass is 16.2. The van der Waals surface area contributed by atoms with Gasteiger partial charge in [-0.15, -0.1) is 0 Å². The molecule has 4 nitrogen and oxygen atoms in total. The molecule has 50 heavy (non-hydrogen) atoms. The van der Waals surface area contributed by atoms with Crippen molar-refractivity contribution in [3.63, 3.8) is 0 Å². The number of rotatable bonds is 41. The third kappa shape index (κ3) is 39.2. The molecule has 0 aliphatic carbocycles. The van der Waals surface area contributed by atoms with Crippen molar-refractivity contribution in [3.05, 3.63) is 24.3 Å². The Bertz CT molecular complexity index is 719. The fraction of sp³-hybridized carbons (Fsp3) is 0.870. The summed E-state index contributed by atoms with van der Waals surface area (Å²) in [6.45, 7) is 6.45. The molecule has 0 saturated heterocycles. The van der Waals surface area contributed by atoms with Crippen molar-refractivity contribution < 1.29 is 9.59 Å². The molecule has 0 atom stereocenters. The van der Waals surface area contributed by atoms with Crippen molar-refractivity contribution in [1.82, 2.24) is 4.90 Å². The molecule has 0 aliphatic rings. The molecule has 294 valence electrons. The lowest BCUT2D eigenvalue weighted by atomic mass is 10.1. The average Bonchev–Trinajstić information content (AvgIpc) is 3.11. The van der Waals surface area contributed by atoms with Gasteiger partial charge in [-0.1, -0.05) is 179 Å². The zero-order valence-corrected chi connectivity index (χ0v) is 34.0. The van der Waals surface area contributed by atoms with Gasteiger partial charge in [0.05, 0.1) is 0 Å². The number of hydrogen-bond acceptors (Lipinski definition) is 2. The molecule has 0 heterocycles. The monoisotopic (exact) mass is 701 g/mol. The maximum Gasteiger partial charge on any atom is 0.222 e. The summed E-state index contributed by atoms with van der Waals surface area (Å²) in [5, 5.41) is 0. The standard InChI is InChI=1S/C46H88N2O2/c1-3-5-7-9-11-13-15-17-19-21-23-25-27-31-35-39-43-48(46(50)42-38-34-30-29-33-37-41-45(47)49)44-40-36-32-28-26-24-22-20-18-16-14-12-10-8-6-4-2/h17-20H,3-16,21-44H2,1-2H3,(H2,47,49). The van der Waals surface area contributed by atoms with Gasteiger partial charge in [0, 0.05) is 25.9 Å². The Hall–Kier alpha value is -1.58. The van der Waals surface area contributed by atoms with Gasteiger partial charge >= 0.3 is 0 Å². The van der Waals surface area contributed by atoms with E-state index in [1.807, 2.05) is 0 Å². The lowest BCUT2D eigenvalue weighted by Gasteiger charge is -2.23. The van der Waals surface area contributed by atoms with Gasteiger partial charge in [0.1, 0.15) is 0 Å². The summed E-state index contributed by atoms with van der Waals surface area (Å²) in [5.41, 5.74) is 5.24. The first-order chi connectivity index (χ1) is 24.6. The predicted octanol–water partition coefficient (Wildman–Crippen LogP) is 14.5. The number of allylic oxidation sites excluding steroid dienone is 4. The van der Waals surface area contributed by atoms with Gasteiger partial charge < -0.3 is 10.6 Å². The zero-order chi connectivity index (χ0) is 36.4. The van der Waals surface area contributed by atoms with E-state index < -0.39 is 0 Å². The van der Waals surface area contributed by atoms with Crippen molar-refractivity contribution in [2.75, 3.05) is 13.1 Å². The first-order valence-corrected chi connectivity index (χ1v) is 22.5. The van der Waals surface area contributed by atoms with Crippen LogP contribution in [-0.2, 0) is 9.59 Å². The third-order valence-corrected chi connectivity index (χ3v) is 10.3. The minimum absolute atomic E-state index is 0.195. The van der Waals surface area contributed by atoms with E-state index in [1.165, 1.54) is 167 Å². The Labute approximate surface area is 313 Å². The van der Waals surface area contributed by atoms with Gasteiger partial charge in [0.15, 0.2) is 0 Å². The fourth-order valence-corrected chi connectivity index (χ4v) is 6.90. The smallest absolute Gasteiger partial charge is 0.222 e. The van der Waals surface area contributed by atoms with E-state index in [9.17, 15) is 9.59 Å². The van der Waals surface area contributed by atoms with Crippen LogP contribution in [0.2, 0.25) is 0 Å². The van der Waals surface area contributed by atoms with Crippen LogP contribution >= 0.6 is 0 Å². The highest BCUT2D eigenvalue weighted by Gasteiger charge is 2.12. The second kappa shape index (κ2) is 41.8. The topological polar surface area (TPSA) is 63.4 Å². The van der Waals surface area contributed by atoms with E-state index in [4.69, 9.17) is 5.73 Å². The molecule has 0 aliphatic heterocycles. The van der Waals surface area contributed by atoms with Crippen molar-refractivity contribution in [2.45, 2.75) is 245 Å². The highest BCUT2D eigenvalue weighted by molar-refractivity contribution is 5.76. The van der Waals surface area contributed by atoms with Gasteiger partial charge in [0.2, 0.25) is 11.8 Å². The number of primary amides is 1. The quantitative estimate of drug-likeness (QED) is 0.0510. The number of amides is 2. The number of carbonyl (C=O) groups is 2. The molecule has 0 rings (SSSR count). The zero-order valence-electron chi connectivity index (χ0n) is 34.0. The normalized spacial score (nSPS) is 11.7. The lowest BCUT2D eigenvalue weighted by Crippen LogP contribution is -2.32. The SMILES string of the molecule is CCCCCCCCC=CCCCCCCCCN(CCCCCCCCC=CCCCCCCCC)C(=O)CCCCCCCCC(N)=O. The van der Waals surface area contributed by atoms with Gasteiger partial charge in [-0.25, -0.2) is 0 Å². The Kier molecular flexibility index (Phi) is 40.5. The van der Waals surface area contributed by atoms with Crippen LogP contribution in [0.1, 0.15) is 245 Å². The van der Waals surface area contributed by atoms with E-state index in [2.05, 4.69) is 43.1 Å². The van der Waals surface area contributed by atoms with Crippen LogP contribution in [0.25, 0.3) is 0 Å². The van der Waals surface area contributed by atoms with Crippen molar-refractivity contribution in [1.29, 1.82) is 0 Å². The first-order valence-electron chi connectivity index (χ1n) is 22.5. The second-order valence-corrected chi connectivity index (χ2v) is 15.3. The highest BCUT2D eigenvalue weighted by Crippen LogP contribution is 2.15. The molecule has 2 N–H and O–H groups in total. The van der Waals surface area contributed by atoms with E-state index >= 15 is 0 Å². The Morgan fingerprint density at radius 2 is 0.660 bits per heavy atom. The summed E-state index contributed by atoms with van der Waals surface area (Å²) < 4.78 is 0. The summed E-state index contributed by atoms with van der Waals surface area (Å²) in [7, 11) is 0. The fourth-order valence-electron chi connectivity index (χ4n) is 6.90. The third-order valence-electron chi connectivity index (χ3n) is 10.3. The van der Waals surface area contributed by atoms with Crippen LogP contribution in [0.15, 0.2) is 24.3 Å². The minimum atomic E-state index is -0.195. The van der Waals surface area contributed by atoms with Crippen LogP contribution in [-0.4, -0.2) is 29.8 Å². The number of nitrogens with zero attached hydrogens (tertiary/aromatic N) is 1. The van der Waals surface area contributed by atoms with E-state index in [0.29, 0.717) is 18.7 Å². The molecule has 0 radical (unpaired) electrons. The Morgan fingerprint density at radius 1 is 0.380 bits per heavy atom. The molecule has 4 heteroatoms. The summed E-state index contributed by atoms with van der Waals surface area (Å²) in [6, 6.07) is 0. The van der Waals surface area contributed by atoms with Crippen LogP contribution in [0, 0.1) is 0 Å². The van der Waals surface area contributed by atoms with Gasteiger partial charge in [-0.3, -0.25) is 9.59 Å². The molecule has 0 bridgehead atoms. The first kappa shape index (κ1) is 48.4. The van der Waals surface area contributed by atoms with Crippen LogP contribution in [0.4, 0.5) is 0 Å². The average molecular weight is 701 g/mol. The number of nitrogens with two attached hydrogens (primary N) is 1. The molecular formula is C46H88N2O2. The van der Waals surface area contributed by atoms with Gasteiger partial charge in [0.25, 0.3) is 0 Å². The molecule has 0 spiro atoms. The molecular weight excluding hydrogens is 613 g/mol. The van der Waals surface area contributed by atoms with Crippen molar-refractivity contribution >= 4 is 11.8 Å². The second-order valence-electron chi connectivity index (χ2n) is 15.3. The molecule has 0 saturated carbocycles. The van der Waals surface area contributed by atoms with Crippen LogP contribution in [0.5, 0.6) is 0 Å². The van der Waals surface area contributed by atoms with E-state index in [-0.39, 0.29) is 5.91 Å². The Balaban J connectivity index is 4.11. The molecule has 0 aromatic rings.